The number of aliphatic hydroxyl groups is 1. The number of benzene rings is 1. The minimum atomic E-state index is -0.885. The van der Waals surface area contributed by atoms with Gasteiger partial charge in [-0.25, -0.2) is 4.79 Å². The number of carboxylic acids is 1. The Labute approximate surface area is 125 Å². The molecule has 2 aromatic rings. The molecule has 0 unspecified atom stereocenters. The molecule has 0 aliphatic heterocycles. The standard InChI is InChI=1S/C17H23NO3/c1-3-4-10-18-12(2)13(9-6-11-19)14-7-5-8-15(16(14)18)17(20)21/h5,7-8,19H,3-4,6,9-11H2,1-2H3,(H,20,21). The quantitative estimate of drug-likeness (QED) is 0.821. The molecule has 0 saturated carbocycles. The van der Waals surface area contributed by atoms with Gasteiger partial charge in [0.05, 0.1) is 11.1 Å². The first-order valence-electron chi connectivity index (χ1n) is 7.56. The number of carboxylic acid groups (broad SMARTS) is 1. The largest absolute Gasteiger partial charge is 0.478 e. The molecule has 0 saturated heterocycles. The third-order valence-electron chi connectivity index (χ3n) is 4.02. The Morgan fingerprint density at radius 2 is 2.05 bits per heavy atom. The van der Waals surface area contributed by atoms with Crippen molar-refractivity contribution in [3.8, 4) is 0 Å². The van der Waals surface area contributed by atoms with Crippen molar-refractivity contribution in [3.05, 3.63) is 35.0 Å². The van der Waals surface area contributed by atoms with E-state index in [0.717, 1.165) is 42.4 Å². The number of rotatable bonds is 7. The predicted molar refractivity (Wildman–Crippen MR) is 83.9 cm³/mol. The molecule has 2 N–H and O–H groups in total. The van der Waals surface area contributed by atoms with E-state index in [1.54, 1.807) is 12.1 Å². The smallest absolute Gasteiger partial charge is 0.337 e. The molecule has 0 radical (unpaired) electrons. The monoisotopic (exact) mass is 289 g/mol. The molecule has 0 atom stereocenters. The lowest BCUT2D eigenvalue weighted by Gasteiger charge is -2.09. The fourth-order valence-electron chi connectivity index (χ4n) is 2.94. The maximum absolute atomic E-state index is 11.5. The van der Waals surface area contributed by atoms with Gasteiger partial charge in [0, 0.05) is 24.2 Å². The van der Waals surface area contributed by atoms with Gasteiger partial charge < -0.3 is 14.8 Å². The van der Waals surface area contributed by atoms with Crippen LogP contribution in [0.3, 0.4) is 0 Å². The topological polar surface area (TPSA) is 62.5 Å². The Morgan fingerprint density at radius 1 is 1.29 bits per heavy atom. The minimum absolute atomic E-state index is 0.152. The van der Waals surface area contributed by atoms with Crippen LogP contribution in [0, 0.1) is 6.92 Å². The third-order valence-corrected chi connectivity index (χ3v) is 4.02. The number of carbonyl (C=O) groups is 1. The van der Waals surface area contributed by atoms with Gasteiger partial charge in [-0.05, 0) is 37.8 Å². The van der Waals surface area contributed by atoms with Gasteiger partial charge in [-0.1, -0.05) is 25.5 Å². The summed E-state index contributed by atoms with van der Waals surface area (Å²) < 4.78 is 2.13. The number of fused-ring (bicyclic) bond motifs is 1. The molecule has 114 valence electrons. The van der Waals surface area contributed by atoms with Crippen molar-refractivity contribution in [1.29, 1.82) is 0 Å². The van der Waals surface area contributed by atoms with E-state index in [2.05, 4.69) is 11.5 Å². The highest BCUT2D eigenvalue weighted by atomic mass is 16.4. The summed E-state index contributed by atoms with van der Waals surface area (Å²) in [5.41, 5.74) is 3.48. The first-order chi connectivity index (χ1) is 10.1. The maximum Gasteiger partial charge on any atom is 0.337 e. The van der Waals surface area contributed by atoms with Gasteiger partial charge in [-0.3, -0.25) is 0 Å². The highest BCUT2D eigenvalue weighted by molar-refractivity contribution is 6.03. The first kappa shape index (κ1) is 15.6. The van der Waals surface area contributed by atoms with Gasteiger partial charge in [0.1, 0.15) is 0 Å². The van der Waals surface area contributed by atoms with Crippen molar-refractivity contribution in [3.63, 3.8) is 0 Å². The Bertz CT molecular complexity index is 643. The Kier molecular flexibility index (Phi) is 5.02. The molecule has 4 nitrogen and oxygen atoms in total. The van der Waals surface area contributed by atoms with Crippen LogP contribution in [-0.2, 0) is 13.0 Å². The number of aromatic carboxylic acids is 1. The normalized spacial score (nSPS) is 11.2. The molecule has 21 heavy (non-hydrogen) atoms. The zero-order chi connectivity index (χ0) is 15.4. The van der Waals surface area contributed by atoms with E-state index in [1.807, 2.05) is 13.0 Å². The van der Waals surface area contributed by atoms with E-state index in [4.69, 9.17) is 5.11 Å². The number of unbranched alkanes of at least 4 members (excludes halogenated alkanes) is 1. The lowest BCUT2D eigenvalue weighted by atomic mass is 10.0. The second kappa shape index (κ2) is 6.76. The second-order valence-corrected chi connectivity index (χ2v) is 5.40. The fraction of sp³-hybridized carbons (Fsp3) is 0.471. The van der Waals surface area contributed by atoms with E-state index >= 15 is 0 Å². The molecular weight excluding hydrogens is 266 g/mol. The van der Waals surface area contributed by atoms with Crippen LogP contribution in [-0.4, -0.2) is 27.4 Å². The van der Waals surface area contributed by atoms with E-state index in [0.29, 0.717) is 12.0 Å². The van der Waals surface area contributed by atoms with Crippen molar-refractivity contribution >= 4 is 16.9 Å². The number of para-hydroxylation sites is 1. The van der Waals surface area contributed by atoms with Crippen LogP contribution >= 0.6 is 0 Å². The summed E-state index contributed by atoms with van der Waals surface area (Å²) in [5.74, 6) is -0.885. The van der Waals surface area contributed by atoms with Crippen LogP contribution in [0.4, 0.5) is 0 Å². The molecule has 1 aromatic carbocycles. The summed E-state index contributed by atoms with van der Waals surface area (Å²) in [5, 5.41) is 19.5. The zero-order valence-electron chi connectivity index (χ0n) is 12.7. The predicted octanol–water partition coefficient (Wildman–Crippen LogP) is 3.37. The molecule has 0 fully saturated rings. The maximum atomic E-state index is 11.5. The lowest BCUT2D eigenvalue weighted by molar-refractivity contribution is 0.0698. The zero-order valence-corrected chi connectivity index (χ0v) is 12.7. The van der Waals surface area contributed by atoms with Gasteiger partial charge in [0.2, 0.25) is 0 Å². The van der Waals surface area contributed by atoms with Crippen LogP contribution in [0.25, 0.3) is 10.9 Å². The van der Waals surface area contributed by atoms with Crippen LogP contribution in [0.5, 0.6) is 0 Å². The number of aromatic nitrogens is 1. The van der Waals surface area contributed by atoms with Crippen molar-refractivity contribution in [2.75, 3.05) is 6.61 Å². The SMILES string of the molecule is CCCCn1c(C)c(CCCO)c2cccc(C(=O)O)c21. The van der Waals surface area contributed by atoms with Crippen LogP contribution in [0.2, 0.25) is 0 Å². The second-order valence-electron chi connectivity index (χ2n) is 5.40. The van der Waals surface area contributed by atoms with E-state index in [1.165, 1.54) is 5.56 Å². The summed E-state index contributed by atoms with van der Waals surface area (Å²) in [7, 11) is 0. The Balaban J connectivity index is 2.66. The highest BCUT2D eigenvalue weighted by Crippen LogP contribution is 2.30. The van der Waals surface area contributed by atoms with Gasteiger partial charge in [0.15, 0.2) is 0 Å². The van der Waals surface area contributed by atoms with Crippen LogP contribution < -0.4 is 0 Å². The summed E-state index contributed by atoms with van der Waals surface area (Å²) in [6.07, 6.45) is 3.57. The molecule has 0 spiro atoms. The molecule has 0 bridgehead atoms. The number of hydrogen-bond acceptors (Lipinski definition) is 2. The van der Waals surface area contributed by atoms with Gasteiger partial charge in [-0.2, -0.15) is 0 Å². The van der Waals surface area contributed by atoms with Crippen molar-refractivity contribution in [1.82, 2.24) is 4.57 Å². The molecule has 1 aromatic heterocycles. The summed E-state index contributed by atoms with van der Waals surface area (Å²) >= 11 is 0. The van der Waals surface area contributed by atoms with Crippen LogP contribution in [0.1, 0.15) is 47.8 Å². The first-order valence-corrected chi connectivity index (χ1v) is 7.56. The van der Waals surface area contributed by atoms with E-state index in [-0.39, 0.29) is 6.61 Å². The summed E-state index contributed by atoms with van der Waals surface area (Å²) in [4.78, 5) is 11.5. The average molecular weight is 289 g/mol. The molecule has 2 rings (SSSR count). The Morgan fingerprint density at radius 3 is 2.67 bits per heavy atom. The number of hydrogen-bond donors (Lipinski definition) is 2. The molecule has 4 heteroatoms. The Hall–Kier alpha value is -1.81. The van der Waals surface area contributed by atoms with Crippen LogP contribution in [0.15, 0.2) is 18.2 Å². The number of aliphatic hydroxyl groups excluding tert-OH is 1. The molecule has 1 heterocycles. The average Bonchev–Trinajstić information content (AvgIpc) is 2.74. The van der Waals surface area contributed by atoms with E-state index < -0.39 is 5.97 Å². The minimum Gasteiger partial charge on any atom is -0.478 e. The van der Waals surface area contributed by atoms with Crippen molar-refractivity contribution in [2.24, 2.45) is 0 Å². The van der Waals surface area contributed by atoms with E-state index in [9.17, 15) is 9.90 Å². The number of nitrogens with zero attached hydrogens (tertiary/aromatic N) is 1. The molecular formula is C17H23NO3. The van der Waals surface area contributed by atoms with Crippen molar-refractivity contribution in [2.45, 2.75) is 46.1 Å². The third kappa shape index (κ3) is 2.95. The summed E-state index contributed by atoms with van der Waals surface area (Å²) in [6, 6.07) is 5.46. The van der Waals surface area contributed by atoms with Crippen molar-refractivity contribution < 1.29 is 15.0 Å². The molecule has 0 aliphatic rings. The lowest BCUT2D eigenvalue weighted by Crippen LogP contribution is -2.05. The van der Waals surface area contributed by atoms with Gasteiger partial charge >= 0.3 is 5.97 Å². The van der Waals surface area contributed by atoms with Gasteiger partial charge in [-0.15, -0.1) is 0 Å². The molecule has 0 amide bonds. The highest BCUT2D eigenvalue weighted by Gasteiger charge is 2.18. The van der Waals surface area contributed by atoms with Gasteiger partial charge in [0.25, 0.3) is 0 Å². The number of aryl methyl sites for hydroxylation is 2. The molecule has 0 aliphatic carbocycles. The fourth-order valence-corrected chi connectivity index (χ4v) is 2.94. The summed E-state index contributed by atoms with van der Waals surface area (Å²) in [6.45, 7) is 5.17.